The summed E-state index contributed by atoms with van der Waals surface area (Å²) in [4.78, 5) is 11.5. The lowest BCUT2D eigenvalue weighted by Crippen LogP contribution is -2.27. The number of carbonyl (C=O) groups excluding carboxylic acids is 1. The van der Waals surface area contributed by atoms with Gasteiger partial charge in [-0.15, -0.1) is 0 Å². The van der Waals surface area contributed by atoms with Crippen LogP contribution < -0.4 is 5.32 Å². The highest BCUT2D eigenvalue weighted by molar-refractivity contribution is 5.86. The predicted molar refractivity (Wildman–Crippen MR) is 69.0 cm³/mol. The van der Waals surface area contributed by atoms with Gasteiger partial charge in [-0.2, -0.15) is 13.2 Å². The van der Waals surface area contributed by atoms with Crippen molar-refractivity contribution in [3.63, 3.8) is 0 Å². The quantitative estimate of drug-likeness (QED) is 0.732. The third-order valence-corrected chi connectivity index (χ3v) is 2.28. The molecule has 21 heavy (non-hydrogen) atoms. The molecule has 0 heterocycles. The number of phenols is 1. The smallest absolute Gasteiger partial charge is 0.418 e. The summed E-state index contributed by atoms with van der Waals surface area (Å²) in [5.41, 5.74) is -1.41. The monoisotopic (exact) mass is 307 g/mol. The molecule has 1 rings (SSSR count). The van der Waals surface area contributed by atoms with E-state index in [2.05, 4.69) is 5.32 Å². The lowest BCUT2D eigenvalue weighted by molar-refractivity contribution is -0.206. The molecule has 0 aliphatic heterocycles. The zero-order valence-corrected chi connectivity index (χ0v) is 11.7. The molecular formula is C13H16F3NO4. The molecule has 0 fully saturated rings. The number of anilines is 1. The number of benzene rings is 1. The van der Waals surface area contributed by atoms with Gasteiger partial charge in [-0.1, -0.05) is 6.07 Å². The maximum absolute atomic E-state index is 12.3. The topological polar surface area (TPSA) is 78.8 Å². The molecule has 1 atom stereocenters. The van der Waals surface area contributed by atoms with Crippen molar-refractivity contribution in [2.75, 3.05) is 5.32 Å². The number of rotatable bonds is 2. The fraction of sp³-hybridized carbons (Fsp3) is 0.462. The number of phenolic OH excluding ortho intramolecular Hbond substituents is 1. The maximum Gasteiger partial charge on any atom is 0.418 e. The van der Waals surface area contributed by atoms with Crippen LogP contribution in [0.15, 0.2) is 18.2 Å². The van der Waals surface area contributed by atoms with Gasteiger partial charge in [0.25, 0.3) is 0 Å². The molecule has 0 radical (unpaired) electrons. The average Bonchev–Trinajstić information content (AvgIpc) is 2.27. The number of nitrogens with one attached hydrogen (secondary N) is 1. The van der Waals surface area contributed by atoms with E-state index in [1.165, 1.54) is 0 Å². The number of aliphatic hydroxyl groups is 1. The summed E-state index contributed by atoms with van der Waals surface area (Å²) in [7, 11) is 0. The molecule has 0 bridgehead atoms. The van der Waals surface area contributed by atoms with Crippen molar-refractivity contribution in [2.45, 2.75) is 38.7 Å². The van der Waals surface area contributed by atoms with Gasteiger partial charge in [-0.25, -0.2) is 4.79 Å². The van der Waals surface area contributed by atoms with Crippen LogP contribution in [0.5, 0.6) is 5.75 Å². The summed E-state index contributed by atoms with van der Waals surface area (Å²) >= 11 is 0. The highest BCUT2D eigenvalue weighted by atomic mass is 19.4. The Morgan fingerprint density at radius 1 is 1.29 bits per heavy atom. The SMILES string of the molecule is CC(C)(C)OC(=O)Nc1ccc([C@H](O)C(F)(F)F)cc1O. The molecule has 0 aliphatic rings. The number of aromatic hydroxyl groups is 1. The molecule has 1 amide bonds. The molecule has 0 aliphatic carbocycles. The fourth-order valence-corrected chi connectivity index (χ4v) is 1.43. The number of alkyl halides is 3. The van der Waals surface area contributed by atoms with Gasteiger partial charge in [0.2, 0.25) is 0 Å². The van der Waals surface area contributed by atoms with Gasteiger partial charge in [-0.3, -0.25) is 5.32 Å². The Morgan fingerprint density at radius 3 is 2.29 bits per heavy atom. The minimum atomic E-state index is -4.84. The van der Waals surface area contributed by atoms with Crippen LogP contribution in [0, 0.1) is 0 Å². The second-order valence-corrected chi connectivity index (χ2v) is 5.35. The lowest BCUT2D eigenvalue weighted by atomic mass is 10.1. The summed E-state index contributed by atoms with van der Waals surface area (Å²) in [5, 5.41) is 20.9. The van der Waals surface area contributed by atoms with Crippen molar-refractivity contribution in [1.82, 2.24) is 0 Å². The van der Waals surface area contributed by atoms with E-state index in [1.54, 1.807) is 20.8 Å². The number of hydrogen-bond donors (Lipinski definition) is 3. The van der Waals surface area contributed by atoms with Gasteiger partial charge >= 0.3 is 12.3 Å². The van der Waals surface area contributed by atoms with Crippen LogP contribution in [-0.4, -0.2) is 28.1 Å². The average molecular weight is 307 g/mol. The van der Waals surface area contributed by atoms with E-state index in [1.807, 2.05) is 0 Å². The van der Waals surface area contributed by atoms with Gasteiger partial charge in [-0.05, 0) is 38.5 Å². The Labute approximate surface area is 119 Å². The van der Waals surface area contributed by atoms with Crippen LogP contribution in [0.2, 0.25) is 0 Å². The highest BCUT2D eigenvalue weighted by Crippen LogP contribution is 2.35. The number of ether oxygens (including phenoxy) is 1. The first-order valence-electron chi connectivity index (χ1n) is 5.98. The van der Waals surface area contributed by atoms with Gasteiger partial charge < -0.3 is 14.9 Å². The van der Waals surface area contributed by atoms with Crippen molar-refractivity contribution in [3.8, 4) is 5.75 Å². The molecule has 0 aromatic heterocycles. The molecule has 0 spiro atoms. The molecular weight excluding hydrogens is 291 g/mol. The van der Waals surface area contributed by atoms with Crippen LogP contribution in [0.3, 0.4) is 0 Å². The second kappa shape index (κ2) is 5.80. The Bertz CT molecular complexity index is 523. The van der Waals surface area contributed by atoms with E-state index in [9.17, 15) is 23.1 Å². The van der Waals surface area contributed by atoms with Crippen molar-refractivity contribution in [1.29, 1.82) is 0 Å². The van der Waals surface area contributed by atoms with E-state index in [-0.39, 0.29) is 5.69 Å². The molecule has 118 valence electrons. The van der Waals surface area contributed by atoms with E-state index in [0.717, 1.165) is 18.2 Å². The molecule has 8 heteroatoms. The summed E-state index contributed by atoms with van der Waals surface area (Å²) in [6.45, 7) is 4.90. The second-order valence-electron chi connectivity index (χ2n) is 5.35. The summed E-state index contributed by atoms with van der Waals surface area (Å²) in [6.07, 6.45) is -8.41. The molecule has 5 nitrogen and oxygen atoms in total. The van der Waals surface area contributed by atoms with Crippen LogP contribution in [0.4, 0.5) is 23.7 Å². The van der Waals surface area contributed by atoms with Gasteiger partial charge in [0.1, 0.15) is 11.4 Å². The van der Waals surface area contributed by atoms with Crippen LogP contribution in [-0.2, 0) is 4.74 Å². The molecule has 0 unspecified atom stereocenters. The number of halogens is 3. The maximum atomic E-state index is 12.3. The highest BCUT2D eigenvalue weighted by Gasteiger charge is 2.39. The summed E-state index contributed by atoms with van der Waals surface area (Å²) in [6, 6.07) is 2.72. The normalized spacial score (nSPS) is 13.7. The summed E-state index contributed by atoms with van der Waals surface area (Å²) < 4.78 is 42.0. The van der Waals surface area contributed by atoms with E-state index < -0.39 is 35.3 Å². The number of carbonyl (C=O) groups is 1. The fourth-order valence-electron chi connectivity index (χ4n) is 1.43. The first kappa shape index (κ1) is 17.1. The van der Waals surface area contributed by atoms with Crippen LogP contribution >= 0.6 is 0 Å². The first-order valence-corrected chi connectivity index (χ1v) is 5.98. The first-order chi connectivity index (χ1) is 9.40. The van der Waals surface area contributed by atoms with E-state index >= 15 is 0 Å². The Kier molecular flexibility index (Phi) is 4.72. The minimum Gasteiger partial charge on any atom is -0.506 e. The Morgan fingerprint density at radius 2 is 1.86 bits per heavy atom. The number of amides is 1. The zero-order chi connectivity index (χ0) is 16.4. The predicted octanol–water partition coefficient (Wildman–Crippen LogP) is 3.33. The van der Waals surface area contributed by atoms with Crippen molar-refractivity contribution >= 4 is 11.8 Å². The Balaban J connectivity index is 2.87. The standard InChI is InChI=1S/C13H16F3NO4/c1-12(2,3)21-11(20)17-8-5-4-7(6-9(8)18)10(19)13(14,15)16/h4-6,10,18-19H,1-3H3,(H,17,20)/t10-/m0/s1. The number of hydrogen-bond acceptors (Lipinski definition) is 4. The van der Waals surface area contributed by atoms with E-state index in [0.29, 0.717) is 0 Å². The molecule has 1 aromatic rings. The number of aliphatic hydroxyl groups excluding tert-OH is 1. The van der Waals surface area contributed by atoms with Crippen molar-refractivity contribution in [3.05, 3.63) is 23.8 Å². The van der Waals surface area contributed by atoms with Crippen LogP contribution in [0.25, 0.3) is 0 Å². The van der Waals surface area contributed by atoms with E-state index in [4.69, 9.17) is 9.84 Å². The summed E-state index contributed by atoms with van der Waals surface area (Å²) in [5.74, 6) is -0.610. The van der Waals surface area contributed by atoms with Gasteiger partial charge in [0, 0.05) is 0 Å². The molecule has 0 saturated carbocycles. The molecule has 1 aromatic carbocycles. The van der Waals surface area contributed by atoms with Crippen molar-refractivity contribution < 1.29 is 32.9 Å². The minimum absolute atomic E-state index is 0.123. The molecule has 3 N–H and O–H groups in total. The molecule has 0 saturated heterocycles. The third-order valence-electron chi connectivity index (χ3n) is 2.28. The van der Waals surface area contributed by atoms with Gasteiger partial charge in [0.05, 0.1) is 5.69 Å². The van der Waals surface area contributed by atoms with Gasteiger partial charge in [0.15, 0.2) is 6.10 Å². The largest absolute Gasteiger partial charge is 0.506 e. The zero-order valence-electron chi connectivity index (χ0n) is 11.7. The lowest BCUT2D eigenvalue weighted by Gasteiger charge is -2.20. The van der Waals surface area contributed by atoms with Crippen LogP contribution in [0.1, 0.15) is 32.4 Å². The third kappa shape index (κ3) is 5.14. The Hall–Kier alpha value is -1.96. The van der Waals surface area contributed by atoms with Crippen molar-refractivity contribution in [2.24, 2.45) is 0 Å².